The third-order valence-corrected chi connectivity index (χ3v) is 7.94. The van der Waals surface area contributed by atoms with E-state index < -0.39 is 22.6 Å². The smallest absolute Gasteiger partial charge is 0.321 e. The van der Waals surface area contributed by atoms with Gasteiger partial charge in [-0.3, -0.25) is 9.59 Å². The number of hydrogen-bond acceptors (Lipinski definition) is 7. The first-order valence-electron chi connectivity index (χ1n) is 15.1. The molecule has 0 bridgehead atoms. The fraction of sp³-hybridized carbons (Fsp3) is 0.316. The van der Waals surface area contributed by atoms with E-state index in [2.05, 4.69) is 0 Å². The highest BCUT2D eigenvalue weighted by Gasteiger charge is 2.43. The third kappa shape index (κ3) is 8.88. The Labute approximate surface area is 265 Å². The van der Waals surface area contributed by atoms with Crippen LogP contribution in [0.15, 0.2) is 109 Å². The van der Waals surface area contributed by atoms with Gasteiger partial charge in [-0.25, -0.2) is 0 Å². The summed E-state index contributed by atoms with van der Waals surface area (Å²) in [7, 11) is 0. The van der Waals surface area contributed by atoms with Crippen molar-refractivity contribution in [2.45, 2.75) is 46.8 Å². The molecule has 1 unspecified atom stereocenters. The van der Waals surface area contributed by atoms with E-state index >= 15 is 0 Å². The van der Waals surface area contributed by atoms with E-state index in [4.69, 9.17) is 18.9 Å². The van der Waals surface area contributed by atoms with Gasteiger partial charge in [0, 0.05) is 0 Å². The highest BCUT2D eigenvalue weighted by atomic mass is 16.7. The van der Waals surface area contributed by atoms with Crippen LogP contribution in [-0.4, -0.2) is 42.7 Å². The van der Waals surface area contributed by atoms with E-state index in [-0.39, 0.29) is 25.8 Å². The average Bonchev–Trinajstić information content (AvgIpc) is 3.07. The zero-order chi connectivity index (χ0) is 32.5. The van der Waals surface area contributed by atoms with E-state index in [1.54, 1.807) is 38.1 Å². The Bertz CT molecular complexity index is 1520. The zero-order valence-electron chi connectivity index (χ0n) is 26.6. The SMILES string of the molecule is CC1(C)OCC(C)(C(=O)Oc2ccc(-c3ccccc3)cc2)CO1.CCC(C)(CO)C(=O)Oc1ccc(-c2ccccc2)cc1. The standard InChI is InChI=1S/C20H22O4.C18H20O3/c1-19(2)22-13-20(3,14-23-19)18(21)24-17-11-9-16(10-12-17)15-7-5-4-6-8-15;1-3-18(2,13-19)17(20)21-16-11-9-15(10-12-16)14-7-5-4-6-8-14/h4-12H,13-14H2,1-3H3;4-12,19H,3,13H2,1-2H3. The molecule has 1 saturated heterocycles. The summed E-state index contributed by atoms with van der Waals surface area (Å²) in [5.41, 5.74) is 2.73. The van der Waals surface area contributed by atoms with Crippen LogP contribution in [0.25, 0.3) is 22.3 Å². The number of esters is 2. The predicted molar refractivity (Wildman–Crippen MR) is 175 cm³/mol. The minimum Gasteiger partial charge on any atom is -0.426 e. The Morgan fingerprint density at radius 3 is 1.49 bits per heavy atom. The molecule has 1 N–H and O–H groups in total. The second-order valence-corrected chi connectivity index (χ2v) is 12.2. The van der Waals surface area contributed by atoms with Crippen LogP contribution in [0.3, 0.4) is 0 Å². The lowest BCUT2D eigenvalue weighted by Gasteiger charge is -2.39. The number of benzene rings is 4. The maximum atomic E-state index is 12.5. The van der Waals surface area contributed by atoms with Crippen LogP contribution in [0.1, 0.15) is 41.0 Å². The Morgan fingerprint density at radius 2 is 1.09 bits per heavy atom. The molecule has 0 amide bonds. The molecular formula is C38H42O7. The lowest BCUT2D eigenvalue weighted by molar-refractivity contribution is -0.279. The molecule has 1 fully saturated rings. The number of aliphatic hydroxyl groups is 1. The molecule has 45 heavy (non-hydrogen) atoms. The summed E-state index contributed by atoms with van der Waals surface area (Å²) in [5, 5.41) is 9.33. The van der Waals surface area contributed by atoms with Crippen LogP contribution in [0.4, 0.5) is 0 Å². The molecule has 0 spiro atoms. The molecular weight excluding hydrogens is 568 g/mol. The molecule has 0 aromatic heterocycles. The van der Waals surface area contributed by atoms with Gasteiger partial charge in [0.05, 0.1) is 25.2 Å². The topological polar surface area (TPSA) is 91.3 Å². The fourth-order valence-corrected chi connectivity index (χ4v) is 4.34. The number of rotatable bonds is 8. The summed E-state index contributed by atoms with van der Waals surface area (Å²) < 4.78 is 22.1. The van der Waals surface area contributed by atoms with Gasteiger partial charge in [0.25, 0.3) is 0 Å². The quantitative estimate of drug-likeness (QED) is 0.161. The lowest BCUT2D eigenvalue weighted by atomic mass is 9.89. The maximum Gasteiger partial charge on any atom is 0.321 e. The second-order valence-electron chi connectivity index (χ2n) is 12.2. The van der Waals surface area contributed by atoms with Gasteiger partial charge in [0.2, 0.25) is 0 Å². The van der Waals surface area contributed by atoms with E-state index in [0.717, 1.165) is 22.3 Å². The van der Waals surface area contributed by atoms with Crippen molar-refractivity contribution in [3.63, 3.8) is 0 Å². The van der Waals surface area contributed by atoms with Crippen molar-refractivity contribution >= 4 is 11.9 Å². The Morgan fingerprint density at radius 1 is 0.689 bits per heavy atom. The average molecular weight is 611 g/mol. The van der Waals surface area contributed by atoms with Crippen molar-refractivity contribution < 1.29 is 33.6 Å². The monoisotopic (exact) mass is 610 g/mol. The molecule has 5 rings (SSSR count). The highest BCUT2D eigenvalue weighted by Crippen LogP contribution is 2.32. The fourth-order valence-electron chi connectivity index (χ4n) is 4.34. The zero-order valence-corrected chi connectivity index (χ0v) is 26.6. The molecule has 4 aromatic rings. The van der Waals surface area contributed by atoms with Gasteiger partial charge in [-0.1, -0.05) is 91.9 Å². The summed E-state index contributed by atoms with van der Waals surface area (Å²) in [4.78, 5) is 24.5. The van der Waals surface area contributed by atoms with Gasteiger partial charge in [0.1, 0.15) is 16.9 Å². The van der Waals surface area contributed by atoms with E-state index in [1.807, 2.05) is 106 Å². The van der Waals surface area contributed by atoms with Gasteiger partial charge < -0.3 is 24.1 Å². The number of ether oxygens (including phenoxy) is 4. The van der Waals surface area contributed by atoms with E-state index in [0.29, 0.717) is 17.9 Å². The van der Waals surface area contributed by atoms with Gasteiger partial charge in [-0.05, 0) is 80.6 Å². The van der Waals surface area contributed by atoms with Crippen molar-refractivity contribution in [1.29, 1.82) is 0 Å². The Kier molecular flexibility index (Phi) is 10.9. The van der Waals surface area contributed by atoms with Crippen LogP contribution >= 0.6 is 0 Å². The first-order valence-corrected chi connectivity index (χ1v) is 15.1. The first kappa shape index (κ1) is 33.6. The van der Waals surface area contributed by atoms with Gasteiger partial charge >= 0.3 is 11.9 Å². The molecule has 1 heterocycles. The molecule has 1 aliphatic heterocycles. The Hall–Kier alpha value is -4.30. The Balaban J connectivity index is 0.000000207. The van der Waals surface area contributed by atoms with Crippen molar-refractivity contribution in [3.05, 3.63) is 109 Å². The molecule has 0 radical (unpaired) electrons. The van der Waals surface area contributed by atoms with E-state index in [9.17, 15) is 14.7 Å². The van der Waals surface area contributed by atoms with Gasteiger partial charge in [0.15, 0.2) is 5.79 Å². The van der Waals surface area contributed by atoms with Crippen LogP contribution in [0.5, 0.6) is 11.5 Å². The molecule has 7 heteroatoms. The number of carbonyl (C=O) groups is 2. The minimum atomic E-state index is -0.849. The minimum absolute atomic E-state index is 0.218. The van der Waals surface area contributed by atoms with Gasteiger partial charge in [-0.15, -0.1) is 0 Å². The lowest BCUT2D eigenvalue weighted by Crippen LogP contribution is -2.50. The van der Waals surface area contributed by atoms with Crippen LogP contribution in [-0.2, 0) is 19.1 Å². The molecule has 7 nitrogen and oxygen atoms in total. The summed E-state index contributed by atoms with van der Waals surface area (Å²) in [6.45, 7) is 9.36. The maximum absolute atomic E-state index is 12.5. The number of carbonyl (C=O) groups excluding carboxylic acids is 2. The van der Waals surface area contributed by atoms with Crippen LogP contribution in [0.2, 0.25) is 0 Å². The van der Waals surface area contributed by atoms with Crippen LogP contribution in [0, 0.1) is 10.8 Å². The summed E-state index contributed by atoms with van der Waals surface area (Å²) in [6, 6.07) is 34.9. The molecule has 1 aliphatic rings. The number of aliphatic hydroxyl groups excluding tert-OH is 1. The largest absolute Gasteiger partial charge is 0.426 e. The summed E-state index contributed by atoms with van der Waals surface area (Å²) in [6.07, 6.45) is 0.532. The van der Waals surface area contributed by atoms with Crippen molar-refractivity contribution in [2.75, 3.05) is 19.8 Å². The third-order valence-electron chi connectivity index (χ3n) is 7.94. The van der Waals surface area contributed by atoms with Crippen molar-refractivity contribution in [1.82, 2.24) is 0 Å². The molecule has 4 aromatic carbocycles. The van der Waals surface area contributed by atoms with Crippen molar-refractivity contribution in [3.8, 4) is 33.8 Å². The van der Waals surface area contributed by atoms with Crippen LogP contribution < -0.4 is 9.47 Å². The van der Waals surface area contributed by atoms with Gasteiger partial charge in [-0.2, -0.15) is 0 Å². The molecule has 0 aliphatic carbocycles. The molecule has 236 valence electrons. The van der Waals surface area contributed by atoms with E-state index in [1.165, 1.54) is 0 Å². The molecule has 1 atom stereocenters. The first-order chi connectivity index (χ1) is 21.5. The highest BCUT2D eigenvalue weighted by molar-refractivity contribution is 5.80. The summed E-state index contributed by atoms with van der Waals surface area (Å²) in [5.74, 6) is -0.388. The molecule has 0 saturated carbocycles. The second kappa shape index (κ2) is 14.7. The normalized spacial score (nSPS) is 16.3. The predicted octanol–water partition coefficient (Wildman–Crippen LogP) is 7.72. The number of hydrogen-bond donors (Lipinski definition) is 1. The van der Waals surface area contributed by atoms with Crippen molar-refractivity contribution in [2.24, 2.45) is 10.8 Å². The summed E-state index contributed by atoms with van der Waals surface area (Å²) >= 11 is 0.